The molecule has 0 bridgehead atoms. The van der Waals surface area contributed by atoms with Crippen molar-refractivity contribution in [2.24, 2.45) is 16.1 Å². The van der Waals surface area contributed by atoms with Crippen LogP contribution in [-0.2, 0) is 15.0 Å². The van der Waals surface area contributed by atoms with Crippen molar-refractivity contribution in [2.45, 2.75) is 12.5 Å². The first-order chi connectivity index (χ1) is 16.0. The largest absolute Gasteiger partial charge is 0.493 e. The average molecular weight is 448 g/mol. The number of amidine groups is 1. The smallest absolute Gasteiger partial charge is 0.283 e. The van der Waals surface area contributed by atoms with Crippen LogP contribution in [-0.4, -0.2) is 42.4 Å². The molecule has 0 amide bonds. The SMILES string of the molecule is CC1(COc2ccc3c(c2)[C@@]2(COC(N)=N2)c2cc(-c4cncnc4)cc(F)c2O3)COC1. The Morgan fingerprint density at radius 2 is 1.88 bits per heavy atom. The first kappa shape index (κ1) is 19.9. The van der Waals surface area contributed by atoms with E-state index in [9.17, 15) is 0 Å². The monoisotopic (exact) mass is 448 g/mol. The Kier molecular flexibility index (Phi) is 4.31. The Morgan fingerprint density at radius 1 is 1.06 bits per heavy atom. The highest BCUT2D eigenvalue weighted by Gasteiger charge is 2.48. The van der Waals surface area contributed by atoms with E-state index in [1.165, 1.54) is 12.4 Å². The number of hydrogen-bond donors (Lipinski definition) is 1. The standard InChI is InChI=1S/C24H21FN4O4/c1-23(9-30-10-23)11-31-16-2-3-20-17(6-16)24(12-32-22(26)29-24)18-4-14(5-19(25)21(18)33-20)15-7-27-13-28-8-15/h2-8,13H,9-12H2,1H3,(H2,26,29)/t24-/m0/s1. The third kappa shape index (κ3) is 3.19. The van der Waals surface area contributed by atoms with Gasteiger partial charge >= 0.3 is 0 Å². The van der Waals surface area contributed by atoms with Crippen molar-refractivity contribution < 1.29 is 23.3 Å². The first-order valence-electron chi connectivity index (χ1n) is 10.6. The van der Waals surface area contributed by atoms with Gasteiger partial charge in [0.15, 0.2) is 17.1 Å². The molecule has 6 rings (SSSR count). The lowest BCUT2D eigenvalue weighted by Crippen LogP contribution is -2.44. The van der Waals surface area contributed by atoms with E-state index in [4.69, 9.17) is 24.7 Å². The van der Waals surface area contributed by atoms with Gasteiger partial charge in [0.2, 0.25) is 0 Å². The van der Waals surface area contributed by atoms with Crippen molar-refractivity contribution >= 4 is 6.02 Å². The maximum Gasteiger partial charge on any atom is 0.283 e. The number of benzene rings is 2. The lowest BCUT2D eigenvalue weighted by Gasteiger charge is -2.38. The van der Waals surface area contributed by atoms with Gasteiger partial charge in [-0.15, -0.1) is 0 Å². The zero-order chi connectivity index (χ0) is 22.6. The second-order valence-corrected chi connectivity index (χ2v) is 8.91. The van der Waals surface area contributed by atoms with E-state index in [1.807, 2.05) is 12.1 Å². The van der Waals surface area contributed by atoms with Crippen LogP contribution in [0.2, 0.25) is 0 Å². The molecule has 0 unspecified atom stereocenters. The predicted octanol–water partition coefficient (Wildman–Crippen LogP) is 3.39. The average Bonchev–Trinajstić information content (AvgIpc) is 3.20. The number of aliphatic imine (C=N–C) groups is 1. The molecule has 1 saturated heterocycles. The summed E-state index contributed by atoms with van der Waals surface area (Å²) < 4.78 is 38.3. The molecule has 1 spiro atoms. The Labute approximate surface area is 189 Å². The summed E-state index contributed by atoms with van der Waals surface area (Å²) >= 11 is 0. The van der Waals surface area contributed by atoms with Gasteiger partial charge in [0.05, 0.1) is 19.8 Å². The lowest BCUT2D eigenvalue weighted by atomic mass is 9.80. The molecule has 1 fully saturated rings. The second kappa shape index (κ2) is 7.14. The van der Waals surface area contributed by atoms with E-state index in [0.717, 1.165) is 0 Å². The fourth-order valence-corrected chi connectivity index (χ4v) is 4.38. The minimum atomic E-state index is -1.07. The van der Waals surface area contributed by atoms with E-state index in [0.29, 0.717) is 53.6 Å². The van der Waals surface area contributed by atoms with E-state index < -0.39 is 11.4 Å². The number of halogens is 1. The molecule has 0 radical (unpaired) electrons. The summed E-state index contributed by atoms with van der Waals surface area (Å²) in [6, 6.07) is 8.69. The molecule has 2 N–H and O–H groups in total. The number of nitrogens with zero attached hydrogens (tertiary/aromatic N) is 3. The second-order valence-electron chi connectivity index (χ2n) is 8.91. The van der Waals surface area contributed by atoms with Crippen LogP contribution in [0.3, 0.4) is 0 Å². The molecule has 33 heavy (non-hydrogen) atoms. The molecule has 3 aromatic rings. The fraction of sp³-hybridized carbons (Fsp3) is 0.292. The predicted molar refractivity (Wildman–Crippen MR) is 117 cm³/mol. The first-order valence-corrected chi connectivity index (χ1v) is 10.6. The summed E-state index contributed by atoms with van der Waals surface area (Å²) in [4.78, 5) is 12.7. The quantitative estimate of drug-likeness (QED) is 0.653. The van der Waals surface area contributed by atoms with Crippen molar-refractivity contribution in [1.82, 2.24) is 9.97 Å². The minimum Gasteiger partial charge on any atom is -0.493 e. The zero-order valence-electron chi connectivity index (χ0n) is 17.9. The molecular weight excluding hydrogens is 427 g/mol. The van der Waals surface area contributed by atoms with Crippen molar-refractivity contribution in [2.75, 3.05) is 26.4 Å². The van der Waals surface area contributed by atoms with Crippen LogP contribution >= 0.6 is 0 Å². The van der Waals surface area contributed by atoms with Gasteiger partial charge in [0.1, 0.15) is 24.4 Å². The number of rotatable bonds is 4. The maximum absolute atomic E-state index is 15.3. The lowest BCUT2D eigenvalue weighted by molar-refractivity contribution is -0.120. The van der Waals surface area contributed by atoms with Crippen LogP contribution in [0.4, 0.5) is 4.39 Å². The molecule has 0 saturated carbocycles. The third-order valence-corrected chi connectivity index (χ3v) is 6.21. The van der Waals surface area contributed by atoms with Gasteiger partial charge in [-0.1, -0.05) is 6.92 Å². The molecule has 1 aromatic heterocycles. The van der Waals surface area contributed by atoms with Crippen LogP contribution in [0.5, 0.6) is 17.2 Å². The maximum atomic E-state index is 15.3. The molecule has 8 nitrogen and oxygen atoms in total. The highest BCUT2D eigenvalue weighted by molar-refractivity contribution is 5.78. The van der Waals surface area contributed by atoms with Crippen molar-refractivity contribution in [3.05, 3.63) is 66.0 Å². The van der Waals surface area contributed by atoms with Crippen LogP contribution in [0.15, 0.2) is 54.0 Å². The Bertz CT molecular complexity index is 1280. The molecule has 0 aliphatic carbocycles. The van der Waals surface area contributed by atoms with Gasteiger partial charge in [-0.2, -0.15) is 0 Å². The van der Waals surface area contributed by atoms with Crippen LogP contribution in [0.1, 0.15) is 18.1 Å². The number of nitrogens with two attached hydrogens (primary N) is 1. The summed E-state index contributed by atoms with van der Waals surface area (Å²) in [5.74, 6) is 0.708. The third-order valence-electron chi connectivity index (χ3n) is 6.21. The number of aromatic nitrogens is 2. The van der Waals surface area contributed by atoms with E-state index in [1.54, 1.807) is 24.5 Å². The minimum absolute atomic E-state index is 0.00841. The van der Waals surface area contributed by atoms with Crippen molar-refractivity contribution in [3.8, 4) is 28.4 Å². The van der Waals surface area contributed by atoms with Gasteiger partial charge in [-0.05, 0) is 35.9 Å². The highest BCUT2D eigenvalue weighted by Crippen LogP contribution is 2.53. The van der Waals surface area contributed by atoms with Gasteiger partial charge in [0, 0.05) is 34.5 Å². The zero-order valence-corrected chi connectivity index (χ0v) is 17.9. The van der Waals surface area contributed by atoms with Gasteiger partial charge in [-0.25, -0.2) is 19.4 Å². The van der Waals surface area contributed by atoms with Gasteiger partial charge < -0.3 is 24.7 Å². The van der Waals surface area contributed by atoms with E-state index >= 15 is 4.39 Å². The van der Waals surface area contributed by atoms with Crippen LogP contribution in [0.25, 0.3) is 11.1 Å². The van der Waals surface area contributed by atoms with Crippen LogP contribution < -0.4 is 15.2 Å². The summed E-state index contributed by atoms with van der Waals surface area (Å²) in [5.41, 5.74) is 7.36. The van der Waals surface area contributed by atoms with Gasteiger partial charge in [0.25, 0.3) is 6.02 Å². The van der Waals surface area contributed by atoms with Crippen LogP contribution in [0, 0.1) is 11.2 Å². The fourth-order valence-electron chi connectivity index (χ4n) is 4.38. The molecule has 2 aromatic carbocycles. The van der Waals surface area contributed by atoms with E-state index in [2.05, 4.69) is 21.9 Å². The number of hydrogen-bond acceptors (Lipinski definition) is 8. The molecule has 9 heteroatoms. The molecule has 3 aliphatic heterocycles. The van der Waals surface area contributed by atoms with E-state index in [-0.39, 0.29) is 23.8 Å². The molecule has 168 valence electrons. The normalized spacial score (nSPS) is 21.8. The molecule has 4 heterocycles. The number of fused-ring (bicyclic) bond motifs is 4. The summed E-state index contributed by atoms with van der Waals surface area (Å²) in [6.07, 6.45) is 4.67. The van der Waals surface area contributed by atoms with Crippen molar-refractivity contribution in [1.29, 1.82) is 0 Å². The Morgan fingerprint density at radius 3 is 2.58 bits per heavy atom. The summed E-state index contributed by atoms with van der Waals surface area (Å²) in [5, 5.41) is 0. The topological polar surface area (TPSA) is 101 Å². The Hall–Kier alpha value is -3.72. The molecular formula is C24H21FN4O4. The van der Waals surface area contributed by atoms with Crippen molar-refractivity contribution in [3.63, 3.8) is 0 Å². The Balaban J connectivity index is 1.46. The summed E-state index contributed by atoms with van der Waals surface area (Å²) in [7, 11) is 0. The summed E-state index contributed by atoms with van der Waals surface area (Å²) in [6.45, 7) is 4.08. The highest BCUT2D eigenvalue weighted by atomic mass is 19.1. The molecule has 3 aliphatic rings. The number of ether oxygens (including phenoxy) is 4. The van der Waals surface area contributed by atoms with Gasteiger partial charge in [-0.3, -0.25) is 0 Å². The molecule has 1 atom stereocenters.